The molecule has 0 radical (unpaired) electrons. The molecule has 0 saturated heterocycles. The normalized spacial score (nSPS) is 15.1. The van der Waals surface area contributed by atoms with Crippen molar-refractivity contribution in [2.45, 2.75) is 18.8 Å². The highest BCUT2D eigenvalue weighted by molar-refractivity contribution is 7.08. The lowest BCUT2D eigenvalue weighted by atomic mass is 10.4. The van der Waals surface area contributed by atoms with Crippen molar-refractivity contribution < 1.29 is 0 Å². The lowest BCUT2D eigenvalue weighted by Gasteiger charge is -2.05. The zero-order valence-corrected chi connectivity index (χ0v) is 10.1. The highest BCUT2D eigenvalue weighted by Crippen LogP contribution is 2.39. The maximum Gasteiger partial charge on any atom is 0.135 e. The van der Waals surface area contributed by atoms with Crippen LogP contribution in [0.15, 0.2) is 22.9 Å². The number of hydrogen-bond acceptors (Lipinski definition) is 4. The lowest BCUT2D eigenvalue weighted by Crippen LogP contribution is -1.98. The molecule has 5 heteroatoms. The molecule has 2 aromatic heterocycles. The SMILES string of the molecule is Clc1cc(Nc2ccsc2)nc(C2CC2)n1. The van der Waals surface area contributed by atoms with Gasteiger partial charge in [0.1, 0.15) is 16.8 Å². The molecule has 82 valence electrons. The van der Waals surface area contributed by atoms with E-state index in [-0.39, 0.29) is 0 Å². The molecule has 0 spiro atoms. The Bertz CT molecular complexity index is 494. The van der Waals surface area contributed by atoms with Crippen LogP contribution in [0.25, 0.3) is 0 Å². The summed E-state index contributed by atoms with van der Waals surface area (Å²) in [6, 6.07) is 3.77. The smallest absolute Gasteiger partial charge is 0.135 e. The molecule has 1 N–H and O–H groups in total. The fourth-order valence-corrected chi connectivity index (χ4v) is 2.28. The molecule has 3 rings (SSSR count). The van der Waals surface area contributed by atoms with Crippen LogP contribution in [-0.4, -0.2) is 9.97 Å². The number of halogens is 1. The van der Waals surface area contributed by atoms with Gasteiger partial charge < -0.3 is 5.32 Å². The third-order valence-electron chi connectivity index (χ3n) is 2.45. The van der Waals surface area contributed by atoms with Crippen LogP contribution in [0.4, 0.5) is 11.5 Å². The number of nitrogens with zero attached hydrogens (tertiary/aromatic N) is 2. The van der Waals surface area contributed by atoms with E-state index in [0.717, 1.165) is 17.3 Å². The summed E-state index contributed by atoms with van der Waals surface area (Å²) in [5.74, 6) is 2.16. The van der Waals surface area contributed by atoms with Crippen LogP contribution < -0.4 is 5.32 Å². The van der Waals surface area contributed by atoms with E-state index in [1.165, 1.54) is 12.8 Å². The van der Waals surface area contributed by atoms with Crippen LogP contribution in [0.2, 0.25) is 5.15 Å². The topological polar surface area (TPSA) is 37.8 Å². The van der Waals surface area contributed by atoms with Gasteiger partial charge in [0, 0.05) is 17.4 Å². The fraction of sp³-hybridized carbons (Fsp3) is 0.273. The molecule has 1 aliphatic carbocycles. The van der Waals surface area contributed by atoms with E-state index in [1.54, 1.807) is 17.4 Å². The van der Waals surface area contributed by atoms with Crippen molar-refractivity contribution in [1.82, 2.24) is 9.97 Å². The molecular formula is C11H10ClN3S. The quantitative estimate of drug-likeness (QED) is 0.843. The average molecular weight is 252 g/mol. The number of thiophene rings is 1. The summed E-state index contributed by atoms with van der Waals surface area (Å²) in [6.07, 6.45) is 2.36. The van der Waals surface area contributed by atoms with E-state index in [2.05, 4.69) is 15.3 Å². The second-order valence-electron chi connectivity index (χ2n) is 3.85. The summed E-state index contributed by atoms with van der Waals surface area (Å²) >= 11 is 7.62. The van der Waals surface area contributed by atoms with Crippen molar-refractivity contribution in [3.63, 3.8) is 0 Å². The Morgan fingerprint density at radius 1 is 1.38 bits per heavy atom. The Kier molecular flexibility index (Phi) is 2.53. The largest absolute Gasteiger partial charge is 0.339 e. The van der Waals surface area contributed by atoms with Gasteiger partial charge in [-0.05, 0) is 24.3 Å². The Balaban J connectivity index is 1.88. The minimum atomic E-state index is 0.509. The Hall–Kier alpha value is -1.13. The van der Waals surface area contributed by atoms with Crippen LogP contribution in [0, 0.1) is 0 Å². The monoisotopic (exact) mass is 251 g/mol. The molecule has 0 amide bonds. The van der Waals surface area contributed by atoms with E-state index in [0.29, 0.717) is 11.1 Å². The molecule has 0 atom stereocenters. The van der Waals surface area contributed by atoms with E-state index >= 15 is 0 Å². The Morgan fingerprint density at radius 2 is 2.25 bits per heavy atom. The minimum absolute atomic E-state index is 0.509. The summed E-state index contributed by atoms with van der Waals surface area (Å²) < 4.78 is 0. The highest BCUT2D eigenvalue weighted by atomic mass is 35.5. The first kappa shape index (κ1) is 10.1. The molecule has 1 aliphatic rings. The van der Waals surface area contributed by atoms with Gasteiger partial charge in [-0.15, -0.1) is 0 Å². The van der Waals surface area contributed by atoms with Crippen molar-refractivity contribution >= 4 is 34.4 Å². The molecule has 0 aliphatic heterocycles. The second-order valence-corrected chi connectivity index (χ2v) is 5.01. The fourth-order valence-electron chi connectivity index (χ4n) is 1.51. The van der Waals surface area contributed by atoms with Gasteiger partial charge in [-0.2, -0.15) is 11.3 Å². The molecule has 2 heterocycles. The molecule has 16 heavy (non-hydrogen) atoms. The molecule has 3 nitrogen and oxygen atoms in total. The van der Waals surface area contributed by atoms with Gasteiger partial charge in [-0.25, -0.2) is 9.97 Å². The standard InChI is InChI=1S/C11H10ClN3S/c12-9-5-10(13-8-3-4-16-6-8)15-11(14-9)7-1-2-7/h3-7H,1-2H2,(H,13,14,15). The van der Waals surface area contributed by atoms with E-state index in [9.17, 15) is 0 Å². The number of rotatable bonds is 3. The first-order valence-corrected chi connectivity index (χ1v) is 6.47. The van der Waals surface area contributed by atoms with Crippen molar-refractivity contribution in [3.05, 3.63) is 33.9 Å². The molecule has 1 fully saturated rings. The average Bonchev–Trinajstić information content (AvgIpc) is 2.98. The van der Waals surface area contributed by atoms with Gasteiger partial charge >= 0.3 is 0 Å². The van der Waals surface area contributed by atoms with Crippen LogP contribution >= 0.6 is 22.9 Å². The van der Waals surface area contributed by atoms with Crippen molar-refractivity contribution in [1.29, 1.82) is 0 Å². The van der Waals surface area contributed by atoms with Gasteiger partial charge in [0.2, 0.25) is 0 Å². The first-order chi connectivity index (χ1) is 7.81. The summed E-state index contributed by atoms with van der Waals surface area (Å²) in [4.78, 5) is 8.71. The van der Waals surface area contributed by atoms with Crippen LogP contribution in [-0.2, 0) is 0 Å². The highest BCUT2D eigenvalue weighted by Gasteiger charge is 2.27. The zero-order chi connectivity index (χ0) is 11.0. The molecule has 0 bridgehead atoms. The molecular weight excluding hydrogens is 242 g/mol. The summed E-state index contributed by atoms with van der Waals surface area (Å²) in [5.41, 5.74) is 1.04. The van der Waals surface area contributed by atoms with E-state index in [4.69, 9.17) is 11.6 Å². The lowest BCUT2D eigenvalue weighted by molar-refractivity contribution is 0.931. The molecule has 1 saturated carbocycles. The van der Waals surface area contributed by atoms with Gasteiger partial charge in [-0.3, -0.25) is 0 Å². The number of hydrogen-bond donors (Lipinski definition) is 1. The minimum Gasteiger partial charge on any atom is -0.339 e. The van der Waals surface area contributed by atoms with Crippen LogP contribution in [0.1, 0.15) is 24.6 Å². The predicted octanol–water partition coefficient (Wildman–Crippen LogP) is 3.81. The number of nitrogens with one attached hydrogen (secondary N) is 1. The zero-order valence-electron chi connectivity index (χ0n) is 8.48. The van der Waals surface area contributed by atoms with Gasteiger partial charge in [0.25, 0.3) is 0 Å². The maximum absolute atomic E-state index is 5.97. The summed E-state index contributed by atoms with van der Waals surface area (Å²) in [6.45, 7) is 0. The summed E-state index contributed by atoms with van der Waals surface area (Å²) in [5, 5.41) is 7.79. The van der Waals surface area contributed by atoms with Gasteiger partial charge in [0.05, 0.1) is 5.69 Å². The molecule has 0 unspecified atom stereocenters. The summed E-state index contributed by atoms with van der Waals surface area (Å²) in [7, 11) is 0. The van der Waals surface area contributed by atoms with Crippen molar-refractivity contribution in [2.75, 3.05) is 5.32 Å². The third kappa shape index (κ3) is 2.18. The first-order valence-electron chi connectivity index (χ1n) is 5.15. The van der Waals surface area contributed by atoms with Crippen LogP contribution in [0.3, 0.4) is 0 Å². The van der Waals surface area contributed by atoms with Crippen LogP contribution in [0.5, 0.6) is 0 Å². The Morgan fingerprint density at radius 3 is 2.94 bits per heavy atom. The van der Waals surface area contributed by atoms with Gasteiger partial charge in [-0.1, -0.05) is 11.6 Å². The van der Waals surface area contributed by atoms with Crippen molar-refractivity contribution in [3.8, 4) is 0 Å². The number of aromatic nitrogens is 2. The second kappa shape index (κ2) is 4.03. The maximum atomic E-state index is 5.97. The molecule has 2 aromatic rings. The third-order valence-corrected chi connectivity index (χ3v) is 3.33. The van der Waals surface area contributed by atoms with Gasteiger partial charge in [0.15, 0.2) is 0 Å². The number of anilines is 2. The Labute approximate surface area is 103 Å². The van der Waals surface area contributed by atoms with E-state index in [1.807, 2.05) is 16.8 Å². The molecule has 0 aromatic carbocycles. The predicted molar refractivity (Wildman–Crippen MR) is 66.6 cm³/mol. The van der Waals surface area contributed by atoms with E-state index < -0.39 is 0 Å². The van der Waals surface area contributed by atoms with Crippen molar-refractivity contribution in [2.24, 2.45) is 0 Å².